The molecule has 0 fully saturated rings. The molecule has 0 N–H and O–H groups in total. The number of hydrogen-bond donors (Lipinski definition) is 0. The lowest BCUT2D eigenvalue weighted by molar-refractivity contribution is -0.672. The van der Waals surface area contributed by atoms with E-state index in [-0.39, 0.29) is 0 Å². The number of hydrogen-bond acceptors (Lipinski definition) is 1. The first-order valence-corrected chi connectivity index (χ1v) is 5.76. The van der Waals surface area contributed by atoms with Gasteiger partial charge in [0.2, 0.25) is 6.33 Å². The van der Waals surface area contributed by atoms with Gasteiger partial charge in [0.05, 0.1) is 7.05 Å². The van der Waals surface area contributed by atoms with Crippen LogP contribution in [0.3, 0.4) is 0 Å². The number of benzene rings is 1. The molecule has 0 spiro atoms. The van der Waals surface area contributed by atoms with Crippen LogP contribution in [0.1, 0.15) is 18.4 Å². The second kappa shape index (κ2) is 5.45. The van der Waals surface area contributed by atoms with E-state index in [2.05, 4.69) is 35.4 Å². The summed E-state index contributed by atoms with van der Waals surface area (Å²) in [6.45, 7) is 1.01. The Bertz CT molecular complexity index is 420. The van der Waals surface area contributed by atoms with E-state index in [9.17, 15) is 0 Å². The summed E-state index contributed by atoms with van der Waals surface area (Å²) in [4.78, 5) is 0. The van der Waals surface area contributed by atoms with Gasteiger partial charge in [-0.1, -0.05) is 30.3 Å². The fourth-order valence-electron chi connectivity index (χ4n) is 1.78. The molecule has 0 unspecified atom stereocenters. The molecule has 0 radical (unpaired) electrons. The van der Waals surface area contributed by atoms with Crippen molar-refractivity contribution in [1.29, 1.82) is 0 Å². The maximum Gasteiger partial charge on any atom is 0.264 e. The summed E-state index contributed by atoms with van der Waals surface area (Å²) in [6.07, 6.45) is 7.40. The van der Waals surface area contributed by atoms with Gasteiger partial charge in [-0.25, -0.2) is 4.57 Å². The summed E-state index contributed by atoms with van der Waals surface area (Å²) in [7, 11) is 1.99. The predicted octanol–water partition coefficient (Wildman–Crippen LogP) is 1.73. The topological polar surface area (TPSA) is 21.7 Å². The highest BCUT2D eigenvalue weighted by Gasteiger charge is 2.01. The van der Waals surface area contributed by atoms with Gasteiger partial charge in [-0.2, -0.15) is 0 Å². The van der Waals surface area contributed by atoms with E-state index in [0.29, 0.717) is 0 Å². The Balaban J connectivity index is 1.69. The summed E-state index contributed by atoms with van der Waals surface area (Å²) in [5.41, 5.74) is 1.42. The van der Waals surface area contributed by atoms with Gasteiger partial charge < -0.3 is 0 Å². The third-order valence-corrected chi connectivity index (χ3v) is 2.64. The molecular formula is C13H18N3+. The van der Waals surface area contributed by atoms with E-state index in [1.165, 1.54) is 18.4 Å². The third-order valence-electron chi connectivity index (χ3n) is 2.64. The Morgan fingerprint density at radius 3 is 2.69 bits per heavy atom. The Labute approximate surface area is 96.4 Å². The number of aromatic nitrogens is 3. The Morgan fingerprint density at radius 2 is 2.00 bits per heavy atom. The average Bonchev–Trinajstić information content (AvgIpc) is 2.72. The molecule has 0 aliphatic heterocycles. The van der Waals surface area contributed by atoms with E-state index < -0.39 is 0 Å². The van der Waals surface area contributed by atoms with Gasteiger partial charge in [-0.15, -0.1) is 4.68 Å². The fraction of sp³-hybridized carbons (Fsp3) is 0.385. The quantitative estimate of drug-likeness (QED) is 0.551. The summed E-state index contributed by atoms with van der Waals surface area (Å²) < 4.78 is 3.96. The number of rotatable bonds is 5. The largest absolute Gasteiger partial charge is 0.264 e. The minimum Gasteiger partial charge on any atom is -0.240 e. The van der Waals surface area contributed by atoms with Gasteiger partial charge in [0, 0.05) is 5.10 Å². The molecule has 2 aromatic rings. The van der Waals surface area contributed by atoms with Crippen LogP contribution >= 0.6 is 0 Å². The van der Waals surface area contributed by atoms with E-state index >= 15 is 0 Å². The molecule has 1 heterocycles. The monoisotopic (exact) mass is 216 g/mol. The van der Waals surface area contributed by atoms with E-state index in [0.717, 1.165) is 13.0 Å². The maximum absolute atomic E-state index is 4.24. The van der Waals surface area contributed by atoms with Crippen LogP contribution in [0.15, 0.2) is 43.0 Å². The van der Waals surface area contributed by atoms with Crippen molar-refractivity contribution < 1.29 is 4.57 Å². The molecule has 0 aliphatic carbocycles. The molecule has 1 aromatic heterocycles. The lowest BCUT2D eigenvalue weighted by Gasteiger charge is -1.99. The normalized spacial score (nSPS) is 10.6. The van der Waals surface area contributed by atoms with Crippen molar-refractivity contribution in [2.75, 3.05) is 0 Å². The highest BCUT2D eigenvalue weighted by molar-refractivity contribution is 5.14. The van der Waals surface area contributed by atoms with Crippen molar-refractivity contribution in [2.24, 2.45) is 7.05 Å². The van der Waals surface area contributed by atoms with Gasteiger partial charge in [-0.3, -0.25) is 0 Å². The molecule has 0 amide bonds. The van der Waals surface area contributed by atoms with Crippen molar-refractivity contribution >= 4 is 0 Å². The molecular weight excluding hydrogens is 198 g/mol. The summed E-state index contributed by atoms with van der Waals surface area (Å²) in [5.74, 6) is 0. The number of unbranched alkanes of at least 4 members (excludes halogenated alkanes) is 1. The first kappa shape index (κ1) is 10.9. The highest BCUT2D eigenvalue weighted by Crippen LogP contribution is 2.04. The molecule has 3 heteroatoms. The molecule has 2 rings (SSSR count). The maximum atomic E-state index is 4.24. The molecule has 1 aromatic carbocycles. The van der Waals surface area contributed by atoms with E-state index in [1.807, 2.05) is 29.0 Å². The Morgan fingerprint density at radius 1 is 1.19 bits per heavy atom. The van der Waals surface area contributed by atoms with Crippen molar-refractivity contribution in [3.8, 4) is 0 Å². The van der Waals surface area contributed by atoms with Crippen LogP contribution < -0.4 is 4.57 Å². The zero-order valence-corrected chi connectivity index (χ0v) is 9.71. The number of aryl methyl sites for hydroxylation is 3. The van der Waals surface area contributed by atoms with Gasteiger partial charge in [0.1, 0.15) is 6.54 Å². The molecule has 16 heavy (non-hydrogen) atoms. The van der Waals surface area contributed by atoms with Gasteiger partial charge in [0.25, 0.3) is 6.33 Å². The van der Waals surface area contributed by atoms with E-state index in [4.69, 9.17) is 0 Å². The minimum atomic E-state index is 1.01. The first-order chi connectivity index (χ1) is 7.84. The van der Waals surface area contributed by atoms with E-state index in [1.54, 1.807) is 0 Å². The van der Waals surface area contributed by atoms with Crippen LogP contribution in [0.2, 0.25) is 0 Å². The second-order valence-electron chi connectivity index (χ2n) is 4.12. The molecule has 0 saturated carbocycles. The summed E-state index contributed by atoms with van der Waals surface area (Å²) in [6, 6.07) is 10.6. The molecule has 3 nitrogen and oxygen atoms in total. The van der Waals surface area contributed by atoms with Gasteiger partial charge in [-0.05, 0) is 24.8 Å². The highest BCUT2D eigenvalue weighted by atomic mass is 15.3. The van der Waals surface area contributed by atoms with Gasteiger partial charge in [0.15, 0.2) is 0 Å². The molecule has 84 valence electrons. The summed E-state index contributed by atoms with van der Waals surface area (Å²) >= 11 is 0. The smallest absolute Gasteiger partial charge is 0.240 e. The van der Waals surface area contributed by atoms with Crippen molar-refractivity contribution in [1.82, 2.24) is 9.78 Å². The Hall–Kier alpha value is -1.64. The lowest BCUT2D eigenvalue weighted by Crippen LogP contribution is -2.23. The standard InChI is InChI=1S/C13H18N3/c1-15-11-14-16(12-15)10-6-5-9-13-7-3-2-4-8-13/h2-4,7-8,11-12H,5-6,9-10H2,1H3/q+1. The molecule has 0 saturated heterocycles. The lowest BCUT2D eigenvalue weighted by atomic mass is 10.1. The van der Waals surface area contributed by atoms with Gasteiger partial charge >= 0.3 is 0 Å². The van der Waals surface area contributed by atoms with Crippen LogP contribution in [-0.2, 0) is 20.0 Å². The van der Waals surface area contributed by atoms with Crippen LogP contribution in [0.25, 0.3) is 0 Å². The summed E-state index contributed by atoms with van der Waals surface area (Å²) in [5, 5.41) is 4.24. The van der Waals surface area contributed by atoms with Crippen molar-refractivity contribution in [2.45, 2.75) is 25.8 Å². The van der Waals surface area contributed by atoms with Crippen LogP contribution in [0.5, 0.6) is 0 Å². The second-order valence-corrected chi connectivity index (χ2v) is 4.12. The number of nitrogens with zero attached hydrogens (tertiary/aromatic N) is 3. The van der Waals surface area contributed by atoms with Crippen LogP contribution in [0.4, 0.5) is 0 Å². The molecule has 0 bridgehead atoms. The van der Waals surface area contributed by atoms with Crippen molar-refractivity contribution in [3.63, 3.8) is 0 Å². The minimum absolute atomic E-state index is 1.01. The fourth-order valence-corrected chi connectivity index (χ4v) is 1.78. The first-order valence-electron chi connectivity index (χ1n) is 5.76. The molecule has 0 aliphatic rings. The van der Waals surface area contributed by atoms with Crippen molar-refractivity contribution in [3.05, 3.63) is 48.5 Å². The Kier molecular flexibility index (Phi) is 3.70. The van der Waals surface area contributed by atoms with Crippen LogP contribution in [0, 0.1) is 0 Å². The third kappa shape index (κ3) is 3.19. The molecule has 0 atom stereocenters. The zero-order valence-electron chi connectivity index (χ0n) is 9.71. The SMILES string of the molecule is C[n+]1cnn(CCCCc2ccccc2)c1. The predicted molar refractivity (Wildman–Crippen MR) is 62.8 cm³/mol. The van der Waals surface area contributed by atoms with Crippen LogP contribution in [-0.4, -0.2) is 9.78 Å². The average molecular weight is 216 g/mol. The zero-order chi connectivity index (χ0) is 11.2.